The van der Waals surface area contributed by atoms with Crippen LogP contribution in [-0.4, -0.2) is 22.2 Å². The summed E-state index contributed by atoms with van der Waals surface area (Å²) >= 11 is 0. The van der Waals surface area contributed by atoms with Gasteiger partial charge in [-0.3, -0.25) is 16.5 Å². The zero-order chi connectivity index (χ0) is 10.6. The molecule has 0 fully saturated rings. The van der Waals surface area contributed by atoms with Crippen LogP contribution in [0.5, 0.6) is 0 Å². The highest BCUT2D eigenvalue weighted by Gasteiger charge is 2.21. The number of aliphatic carboxylic acids is 1. The highest BCUT2D eigenvalue weighted by Crippen LogP contribution is 2.04. The van der Waals surface area contributed by atoms with Crippen molar-refractivity contribution in [1.82, 2.24) is 5.12 Å². The molecular formula is C9H13N3O2. The first kappa shape index (κ1) is 10.6. The van der Waals surface area contributed by atoms with Gasteiger partial charge in [-0.1, -0.05) is 30.3 Å². The minimum Gasteiger partial charge on any atom is -0.480 e. The van der Waals surface area contributed by atoms with Gasteiger partial charge in [0.15, 0.2) is 0 Å². The number of carboxylic acids is 1. The lowest BCUT2D eigenvalue weighted by molar-refractivity contribution is -0.143. The smallest absolute Gasteiger partial charge is 0.324 e. The molecule has 1 aromatic rings. The van der Waals surface area contributed by atoms with Gasteiger partial charge in [-0.05, 0) is 5.56 Å². The monoisotopic (exact) mass is 195 g/mol. The number of nitrogens with two attached hydrogens (primary N) is 2. The third kappa shape index (κ3) is 2.81. The number of nitrogens with zero attached hydrogens (tertiary/aromatic N) is 1. The number of carboxylic acid groups (broad SMARTS) is 1. The van der Waals surface area contributed by atoms with Crippen molar-refractivity contribution in [3.05, 3.63) is 35.9 Å². The molecular weight excluding hydrogens is 182 g/mol. The highest BCUT2D eigenvalue weighted by molar-refractivity contribution is 5.73. The van der Waals surface area contributed by atoms with Crippen LogP contribution in [0, 0.1) is 0 Å². The van der Waals surface area contributed by atoms with Crippen molar-refractivity contribution in [2.75, 3.05) is 0 Å². The summed E-state index contributed by atoms with van der Waals surface area (Å²) in [6.07, 6.45) is 0.295. The molecule has 0 saturated heterocycles. The predicted molar refractivity (Wildman–Crippen MR) is 51.8 cm³/mol. The molecule has 0 aliphatic rings. The highest BCUT2D eigenvalue weighted by atomic mass is 16.4. The standard InChI is InChI=1S/C9H13N3O2/c10-12(11)8(9(13)14)6-7-4-2-1-3-5-7/h1-5,8H,6,10-11H2,(H,13,14)/t8-/m0/s1. The normalized spacial score (nSPS) is 12.8. The molecule has 0 aromatic heterocycles. The number of carbonyl (C=O) groups is 1. The zero-order valence-corrected chi connectivity index (χ0v) is 7.63. The summed E-state index contributed by atoms with van der Waals surface area (Å²) in [7, 11) is 0. The Labute approximate surface area is 81.9 Å². The van der Waals surface area contributed by atoms with Gasteiger partial charge in [-0.25, -0.2) is 0 Å². The maximum absolute atomic E-state index is 10.7. The Kier molecular flexibility index (Phi) is 3.58. The number of hydrazine groups is 2. The molecule has 0 amide bonds. The lowest BCUT2D eigenvalue weighted by Gasteiger charge is -2.18. The zero-order valence-electron chi connectivity index (χ0n) is 7.63. The van der Waals surface area contributed by atoms with Gasteiger partial charge >= 0.3 is 5.97 Å². The number of hydrogen-bond donors (Lipinski definition) is 3. The lowest BCUT2D eigenvalue weighted by Crippen LogP contribution is -2.51. The fraction of sp³-hybridized carbons (Fsp3) is 0.222. The molecule has 0 saturated carbocycles. The van der Waals surface area contributed by atoms with Crippen LogP contribution in [0.25, 0.3) is 0 Å². The Morgan fingerprint density at radius 1 is 1.36 bits per heavy atom. The number of rotatable bonds is 4. The van der Waals surface area contributed by atoms with Crippen molar-refractivity contribution in [3.63, 3.8) is 0 Å². The van der Waals surface area contributed by atoms with E-state index in [4.69, 9.17) is 16.8 Å². The van der Waals surface area contributed by atoms with E-state index in [2.05, 4.69) is 0 Å². The molecule has 1 aromatic carbocycles. The van der Waals surface area contributed by atoms with Crippen LogP contribution in [0.2, 0.25) is 0 Å². The summed E-state index contributed by atoms with van der Waals surface area (Å²) in [6, 6.07) is 8.32. The molecule has 0 aliphatic heterocycles. The second-order valence-electron chi connectivity index (χ2n) is 2.99. The van der Waals surface area contributed by atoms with Crippen LogP contribution in [0.4, 0.5) is 0 Å². The third-order valence-corrected chi connectivity index (χ3v) is 1.92. The molecule has 5 nitrogen and oxygen atoms in total. The second kappa shape index (κ2) is 4.71. The van der Waals surface area contributed by atoms with Crippen molar-refractivity contribution in [2.45, 2.75) is 12.5 Å². The third-order valence-electron chi connectivity index (χ3n) is 1.92. The van der Waals surface area contributed by atoms with Crippen LogP contribution in [0.1, 0.15) is 5.56 Å². The molecule has 0 bridgehead atoms. The molecule has 0 heterocycles. The average Bonchev–Trinajstić information content (AvgIpc) is 2.15. The summed E-state index contributed by atoms with van der Waals surface area (Å²) in [5.74, 6) is 9.40. The number of benzene rings is 1. The molecule has 0 unspecified atom stereocenters. The average molecular weight is 195 g/mol. The van der Waals surface area contributed by atoms with Crippen molar-refractivity contribution in [1.29, 1.82) is 0 Å². The van der Waals surface area contributed by atoms with E-state index < -0.39 is 12.0 Å². The van der Waals surface area contributed by atoms with Crippen LogP contribution >= 0.6 is 0 Å². The van der Waals surface area contributed by atoms with E-state index in [0.717, 1.165) is 10.7 Å². The van der Waals surface area contributed by atoms with Crippen molar-refractivity contribution in [3.8, 4) is 0 Å². The van der Waals surface area contributed by atoms with E-state index in [0.29, 0.717) is 6.42 Å². The van der Waals surface area contributed by atoms with E-state index in [1.165, 1.54) is 0 Å². The van der Waals surface area contributed by atoms with Gasteiger partial charge in [-0.15, -0.1) is 0 Å². The largest absolute Gasteiger partial charge is 0.480 e. The topological polar surface area (TPSA) is 92.6 Å². The fourth-order valence-electron chi connectivity index (χ4n) is 1.16. The SMILES string of the molecule is NN(N)[C@@H](Cc1ccccc1)C(=O)O. The number of hydrogen-bond acceptors (Lipinski definition) is 4. The summed E-state index contributed by atoms with van der Waals surface area (Å²) in [5.41, 5.74) is 0.890. The van der Waals surface area contributed by atoms with E-state index in [1.807, 2.05) is 30.3 Å². The van der Waals surface area contributed by atoms with Gasteiger partial charge in [0, 0.05) is 6.42 Å². The summed E-state index contributed by atoms with van der Waals surface area (Å²) in [4.78, 5) is 10.7. The molecule has 0 aliphatic carbocycles. The first-order valence-corrected chi connectivity index (χ1v) is 4.16. The summed E-state index contributed by atoms with van der Waals surface area (Å²) in [6.45, 7) is 0. The summed E-state index contributed by atoms with van der Waals surface area (Å²) in [5, 5.41) is 9.52. The lowest BCUT2D eigenvalue weighted by atomic mass is 10.1. The molecule has 1 atom stereocenters. The molecule has 0 radical (unpaired) electrons. The van der Waals surface area contributed by atoms with E-state index in [9.17, 15) is 4.79 Å². The predicted octanol–water partition coefficient (Wildman–Crippen LogP) is -0.268. The van der Waals surface area contributed by atoms with Gasteiger partial charge in [0.2, 0.25) is 0 Å². The minimum atomic E-state index is -1.03. The van der Waals surface area contributed by atoms with Crippen molar-refractivity contribution < 1.29 is 9.90 Å². The Balaban J connectivity index is 2.70. The van der Waals surface area contributed by atoms with Crippen LogP contribution in [-0.2, 0) is 11.2 Å². The van der Waals surface area contributed by atoms with E-state index in [1.54, 1.807) is 0 Å². The minimum absolute atomic E-state index is 0.295. The van der Waals surface area contributed by atoms with Gasteiger partial charge in [0.1, 0.15) is 6.04 Å². The van der Waals surface area contributed by atoms with Gasteiger partial charge in [0.05, 0.1) is 0 Å². The van der Waals surface area contributed by atoms with E-state index >= 15 is 0 Å². The second-order valence-corrected chi connectivity index (χ2v) is 2.99. The molecule has 76 valence electrons. The van der Waals surface area contributed by atoms with Crippen LogP contribution in [0.15, 0.2) is 30.3 Å². The maximum Gasteiger partial charge on any atom is 0.324 e. The fourth-order valence-corrected chi connectivity index (χ4v) is 1.16. The Morgan fingerprint density at radius 2 is 1.93 bits per heavy atom. The maximum atomic E-state index is 10.7. The van der Waals surface area contributed by atoms with Crippen LogP contribution < -0.4 is 11.7 Å². The van der Waals surface area contributed by atoms with Gasteiger partial charge in [-0.2, -0.15) is 5.12 Å². The summed E-state index contributed by atoms with van der Waals surface area (Å²) < 4.78 is 0. The van der Waals surface area contributed by atoms with Crippen LogP contribution in [0.3, 0.4) is 0 Å². The van der Waals surface area contributed by atoms with Gasteiger partial charge < -0.3 is 5.11 Å². The molecule has 14 heavy (non-hydrogen) atoms. The molecule has 5 heteroatoms. The molecule has 1 rings (SSSR count). The Bertz CT molecular complexity index is 300. The quantitative estimate of drug-likeness (QED) is 0.454. The Morgan fingerprint density at radius 3 is 2.36 bits per heavy atom. The van der Waals surface area contributed by atoms with Crippen molar-refractivity contribution >= 4 is 5.97 Å². The van der Waals surface area contributed by atoms with Gasteiger partial charge in [0.25, 0.3) is 0 Å². The first-order chi connectivity index (χ1) is 6.61. The van der Waals surface area contributed by atoms with E-state index in [-0.39, 0.29) is 0 Å². The first-order valence-electron chi connectivity index (χ1n) is 4.16. The molecule has 5 N–H and O–H groups in total. The molecule has 0 spiro atoms. The Hall–Kier alpha value is -1.43. The van der Waals surface area contributed by atoms with Crippen molar-refractivity contribution in [2.24, 2.45) is 11.7 Å².